The van der Waals surface area contributed by atoms with E-state index < -0.39 is 0 Å². The number of rotatable bonds is 5. The molecule has 2 saturated carbocycles. The Hall–Kier alpha value is -1.34. The summed E-state index contributed by atoms with van der Waals surface area (Å²) in [6, 6.07) is 2.07. The third-order valence-corrected chi connectivity index (χ3v) is 7.64. The zero-order chi connectivity index (χ0) is 19.0. The largest absolute Gasteiger partial charge is 0.466 e. The Balaban J connectivity index is 1.78. The molecule has 0 N–H and O–H groups in total. The van der Waals surface area contributed by atoms with Gasteiger partial charge in [-0.2, -0.15) is 5.26 Å². The van der Waals surface area contributed by atoms with Gasteiger partial charge in [0.1, 0.15) is 0 Å². The molecule has 144 valence electrons. The normalized spacial score (nSPS) is 38.3. The van der Waals surface area contributed by atoms with E-state index in [0.29, 0.717) is 22.3 Å². The SMILES string of the molecule is COC(=O)C(=CCCC1C2(CCC3C(C)(C)CCCC31C)CO2)CC#N. The van der Waals surface area contributed by atoms with Gasteiger partial charge in [0.2, 0.25) is 0 Å². The van der Waals surface area contributed by atoms with Gasteiger partial charge in [-0.25, -0.2) is 4.79 Å². The molecule has 2 aliphatic carbocycles. The molecule has 4 unspecified atom stereocenters. The van der Waals surface area contributed by atoms with Gasteiger partial charge < -0.3 is 9.47 Å². The topological polar surface area (TPSA) is 62.6 Å². The summed E-state index contributed by atoms with van der Waals surface area (Å²) in [5, 5.41) is 8.96. The first kappa shape index (κ1) is 19.4. The van der Waals surface area contributed by atoms with Gasteiger partial charge in [-0.15, -0.1) is 0 Å². The molecule has 1 heterocycles. The summed E-state index contributed by atoms with van der Waals surface area (Å²) in [6.45, 7) is 8.28. The first-order valence-corrected chi connectivity index (χ1v) is 10.1. The average Bonchev–Trinajstić information content (AvgIpc) is 3.35. The second-order valence-corrected chi connectivity index (χ2v) is 9.48. The van der Waals surface area contributed by atoms with E-state index in [2.05, 4.69) is 26.8 Å². The molecular weight excluding hydrogens is 326 g/mol. The highest BCUT2D eigenvalue weighted by Crippen LogP contribution is 2.66. The number of nitrogens with zero attached hydrogens (tertiary/aromatic N) is 1. The third-order valence-electron chi connectivity index (χ3n) is 7.64. The second kappa shape index (κ2) is 7.00. The number of ether oxygens (including phenoxy) is 2. The van der Waals surface area contributed by atoms with E-state index in [1.54, 1.807) is 0 Å². The van der Waals surface area contributed by atoms with E-state index in [9.17, 15) is 4.79 Å². The van der Waals surface area contributed by atoms with Crippen molar-refractivity contribution in [3.63, 3.8) is 0 Å². The van der Waals surface area contributed by atoms with Crippen LogP contribution in [0.1, 0.15) is 72.1 Å². The molecule has 1 saturated heterocycles. The standard InChI is InChI=1S/C22H33NO3/c1-20(2)11-6-12-21(3)17(20)9-13-22(15-26-22)18(21)8-5-7-16(10-14-23)19(24)25-4/h7,17-18H,5-6,8-13,15H2,1-4H3. The molecule has 1 spiro atoms. The molecule has 3 aliphatic rings. The molecule has 0 amide bonds. The number of epoxide rings is 1. The molecule has 3 fully saturated rings. The minimum Gasteiger partial charge on any atom is -0.466 e. The first-order valence-electron chi connectivity index (χ1n) is 10.1. The Morgan fingerprint density at radius 1 is 1.31 bits per heavy atom. The summed E-state index contributed by atoms with van der Waals surface area (Å²) in [7, 11) is 1.37. The Morgan fingerprint density at radius 2 is 2.04 bits per heavy atom. The number of allylic oxidation sites excluding steroid dienone is 1. The van der Waals surface area contributed by atoms with Crippen LogP contribution in [-0.4, -0.2) is 25.3 Å². The monoisotopic (exact) mass is 359 g/mol. The van der Waals surface area contributed by atoms with Crippen molar-refractivity contribution in [3.8, 4) is 6.07 Å². The maximum Gasteiger partial charge on any atom is 0.334 e. The van der Waals surface area contributed by atoms with Crippen molar-refractivity contribution < 1.29 is 14.3 Å². The quantitative estimate of drug-likeness (QED) is 0.402. The van der Waals surface area contributed by atoms with Crippen LogP contribution in [0.15, 0.2) is 11.6 Å². The Kier molecular flexibility index (Phi) is 5.23. The van der Waals surface area contributed by atoms with E-state index in [0.717, 1.165) is 25.4 Å². The Morgan fingerprint density at radius 3 is 2.65 bits per heavy atom. The van der Waals surface area contributed by atoms with E-state index >= 15 is 0 Å². The van der Waals surface area contributed by atoms with Crippen molar-refractivity contribution in [1.29, 1.82) is 5.26 Å². The number of methoxy groups -OCH3 is 1. The fourth-order valence-corrected chi connectivity index (χ4v) is 6.37. The van der Waals surface area contributed by atoms with E-state index in [1.807, 2.05) is 6.08 Å². The predicted molar refractivity (Wildman–Crippen MR) is 100 cm³/mol. The number of nitriles is 1. The van der Waals surface area contributed by atoms with Crippen LogP contribution in [0.3, 0.4) is 0 Å². The number of esters is 1. The molecule has 0 aromatic carbocycles. The lowest BCUT2D eigenvalue weighted by atomic mass is 9.46. The molecule has 3 rings (SSSR count). The van der Waals surface area contributed by atoms with Gasteiger partial charge in [0.15, 0.2) is 0 Å². The third kappa shape index (κ3) is 3.31. The molecule has 1 aliphatic heterocycles. The van der Waals surface area contributed by atoms with Crippen LogP contribution in [0, 0.1) is 34.0 Å². The Bertz CT molecular complexity index is 626. The average molecular weight is 360 g/mol. The molecule has 4 nitrogen and oxygen atoms in total. The van der Waals surface area contributed by atoms with Crippen molar-refractivity contribution in [2.24, 2.45) is 22.7 Å². The van der Waals surface area contributed by atoms with E-state index in [-0.39, 0.29) is 18.0 Å². The van der Waals surface area contributed by atoms with Gasteiger partial charge in [-0.3, -0.25) is 0 Å². The van der Waals surface area contributed by atoms with Gasteiger partial charge in [-0.05, 0) is 61.2 Å². The zero-order valence-electron chi connectivity index (χ0n) is 16.8. The molecular formula is C22H33NO3. The summed E-state index contributed by atoms with van der Waals surface area (Å²) in [4.78, 5) is 11.8. The van der Waals surface area contributed by atoms with Crippen LogP contribution in [0.4, 0.5) is 0 Å². The number of carbonyl (C=O) groups is 1. The minimum absolute atomic E-state index is 0.0766. The van der Waals surface area contributed by atoms with Gasteiger partial charge in [-0.1, -0.05) is 33.3 Å². The maximum absolute atomic E-state index is 11.8. The van der Waals surface area contributed by atoms with Crippen molar-refractivity contribution in [3.05, 3.63) is 11.6 Å². The van der Waals surface area contributed by atoms with Crippen LogP contribution in [0.25, 0.3) is 0 Å². The van der Waals surface area contributed by atoms with Gasteiger partial charge in [0.05, 0.1) is 31.8 Å². The lowest BCUT2D eigenvalue weighted by molar-refractivity contribution is -0.136. The van der Waals surface area contributed by atoms with Crippen molar-refractivity contribution in [1.82, 2.24) is 0 Å². The fourth-order valence-electron chi connectivity index (χ4n) is 6.37. The first-order chi connectivity index (χ1) is 12.3. The number of fused-ring (bicyclic) bond motifs is 1. The molecule has 4 atom stereocenters. The second-order valence-electron chi connectivity index (χ2n) is 9.48. The molecule has 0 aromatic rings. The van der Waals surface area contributed by atoms with Crippen LogP contribution in [0.2, 0.25) is 0 Å². The van der Waals surface area contributed by atoms with Crippen molar-refractivity contribution in [2.75, 3.05) is 13.7 Å². The van der Waals surface area contributed by atoms with Crippen LogP contribution < -0.4 is 0 Å². The summed E-state index contributed by atoms with van der Waals surface area (Å²) >= 11 is 0. The summed E-state index contributed by atoms with van der Waals surface area (Å²) in [6.07, 6.45) is 10.2. The van der Waals surface area contributed by atoms with Crippen molar-refractivity contribution in [2.45, 2.75) is 77.7 Å². The van der Waals surface area contributed by atoms with Crippen LogP contribution in [-0.2, 0) is 14.3 Å². The molecule has 0 radical (unpaired) electrons. The van der Waals surface area contributed by atoms with E-state index in [4.69, 9.17) is 14.7 Å². The van der Waals surface area contributed by atoms with Gasteiger partial charge >= 0.3 is 5.97 Å². The molecule has 0 aromatic heterocycles. The van der Waals surface area contributed by atoms with Gasteiger partial charge in [0, 0.05) is 5.57 Å². The fraction of sp³-hybridized carbons (Fsp3) is 0.818. The van der Waals surface area contributed by atoms with E-state index in [1.165, 1.54) is 39.2 Å². The maximum atomic E-state index is 11.8. The number of carbonyl (C=O) groups excluding carboxylic acids is 1. The number of hydrogen-bond donors (Lipinski definition) is 0. The van der Waals surface area contributed by atoms with Gasteiger partial charge in [0.25, 0.3) is 0 Å². The summed E-state index contributed by atoms with van der Waals surface area (Å²) in [5.41, 5.74) is 1.27. The summed E-state index contributed by atoms with van der Waals surface area (Å²) < 4.78 is 10.9. The highest BCUT2D eigenvalue weighted by atomic mass is 16.6. The Labute approximate surface area is 157 Å². The smallest absolute Gasteiger partial charge is 0.334 e. The molecule has 4 heteroatoms. The highest BCUT2D eigenvalue weighted by Gasteiger charge is 2.64. The molecule has 26 heavy (non-hydrogen) atoms. The molecule has 0 bridgehead atoms. The minimum atomic E-state index is -0.379. The lowest BCUT2D eigenvalue weighted by Gasteiger charge is -2.59. The van der Waals surface area contributed by atoms with Crippen molar-refractivity contribution >= 4 is 5.97 Å². The number of hydrogen-bond acceptors (Lipinski definition) is 4. The highest BCUT2D eigenvalue weighted by molar-refractivity contribution is 5.88. The van der Waals surface area contributed by atoms with Crippen LogP contribution >= 0.6 is 0 Å². The van der Waals surface area contributed by atoms with Crippen LogP contribution in [0.5, 0.6) is 0 Å². The lowest BCUT2D eigenvalue weighted by Crippen LogP contribution is -2.54. The predicted octanol–water partition coefficient (Wildman–Crippen LogP) is 4.79. The zero-order valence-corrected chi connectivity index (χ0v) is 16.8. The summed E-state index contributed by atoms with van der Waals surface area (Å²) in [5.74, 6) is 0.896.